The van der Waals surface area contributed by atoms with Gasteiger partial charge in [0, 0.05) is 11.1 Å². The number of carbonyl (C=O) groups is 2. The molecule has 0 bridgehead atoms. The number of likely N-dealkylation sites (tertiary alicyclic amines) is 1. The van der Waals surface area contributed by atoms with Gasteiger partial charge in [0.25, 0.3) is 11.7 Å². The molecule has 2 aromatic rings. The van der Waals surface area contributed by atoms with Gasteiger partial charge in [-0.25, -0.2) is 0 Å². The van der Waals surface area contributed by atoms with Crippen molar-refractivity contribution in [2.75, 3.05) is 53.3 Å². The lowest BCUT2D eigenvalue weighted by Gasteiger charge is -2.29. The molecule has 3 aliphatic rings. The number of rotatable bonds is 6. The second kappa shape index (κ2) is 9.36. The zero-order chi connectivity index (χ0) is 23.7. The van der Waals surface area contributed by atoms with Gasteiger partial charge in [-0.1, -0.05) is 18.2 Å². The smallest absolute Gasteiger partial charge is 0.295 e. The number of hydrogen-bond acceptors (Lipinski definition) is 7. The summed E-state index contributed by atoms with van der Waals surface area (Å²) in [7, 11) is 1.54. The Labute approximate surface area is 197 Å². The van der Waals surface area contributed by atoms with Gasteiger partial charge in [0.15, 0.2) is 11.5 Å². The van der Waals surface area contributed by atoms with E-state index in [0.717, 1.165) is 13.1 Å². The number of Topliss-reactive ketones (excluding diaryl/α,β-unsaturated/α-hetero) is 1. The number of methoxy groups -OCH3 is 1. The summed E-state index contributed by atoms with van der Waals surface area (Å²) in [6.45, 7) is 4.17. The van der Waals surface area contributed by atoms with Crippen LogP contribution in [0.25, 0.3) is 5.76 Å². The van der Waals surface area contributed by atoms with Gasteiger partial charge >= 0.3 is 0 Å². The maximum atomic E-state index is 13.3. The number of carbonyl (C=O) groups excluding carboxylic acids is 2. The maximum absolute atomic E-state index is 13.3. The molecule has 1 atom stereocenters. The first kappa shape index (κ1) is 22.2. The van der Waals surface area contributed by atoms with Crippen molar-refractivity contribution in [3.05, 3.63) is 59.2 Å². The molecule has 3 aliphatic heterocycles. The van der Waals surface area contributed by atoms with Crippen LogP contribution in [0.4, 0.5) is 0 Å². The topological polar surface area (TPSA) is 99.0 Å². The number of hydrogen-bond donors (Lipinski definition) is 2. The highest BCUT2D eigenvalue weighted by atomic mass is 16.7. The summed E-state index contributed by atoms with van der Waals surface area (Å²) in [6, 6.07) is 11.4. The van der Waals surface area contributed by atoms with Crippen LogP contribution in [0.15, 0.2) is 48.0 Å². The molecule has 178 valence electrons. The van der Waals surface area contributed by atoms with Crippen LogP contribution in [0.1, 0.15) is 17.2 Å². The van der Waals surface area contributed by atoms with E-state index in [9.17, 15) is 14.7 Å². The van der Waals surface area contributed by atoms with Crippen LogP contribution in [0.5, 0.6) is 17.2 Å². The zero-order valence-corrected chi connectivity index (χ0v) is 18.9. The predicted molar refractivity (Wildman–Crippen MR) is 121 cm³/mol. The monoisotopic (exact) mass is 467 g/mol. The second-order valence-electron chi connectivity index (χ2n) is 8.41. The molecular weight excluding hydrogens is 440 g/mol. The van der Waals surface area contributed by atoms with Crippen LogP contribution in [0.3, 0.4) is 0 Å². The molecule has 0 aromatic heterocycles. The Balaban J connectivity index is 1.56. The van der Waals surface area contributed by atoms with Crippen LogP contribution < -0.4 is 19.1 Å². The summed E-state index contributed by atoms with van der Waals surface area (Å²) in [5.41, 5.74) is 1.05. The quantitative estimate of drug-likeness (QED) is 0.368. The molecule has 0 saturated carbocycles. The Kier molecular flexibility index (Phi) is 6.12. The number of nitrogens with zero attached hydrogens (tertiary/aromatic N) is 1. The largest absolute Gasteiger partial charge is 0.507 e. The van der Waals surface area contributed by atoms with E-state index in [1.54, 1.807) is 36.3 Å². The summed E-state index contributed by atoms with van der Waals surface area (Å²) in [5, 5.41) is 11.3. The Hall–Kier alpha value is -3.56. The molecule has 9 heteroatoms. The second-order valence-corrected chi connectivity index (χ2v) is 8.41. The molecule has 34 heavy (non-hydrogen) atoms. The highest BCUT2D eigenvalue weighted by Gasteiger charge is 2.47. The van der Waals surface area contributed by atoms with Crippen molar-refractivity contribution in [2.24, 2.45) is 0 Å². The minimum Gasteiger partial charge on any atom is -0.507 e. The van der Waals surface area contributed by atoms with Crippen LogP contribution in [0.2, 0.25) is 0 Å². The third-order valence-corrected chi connectivity index (χ3v) is 6.53. The summed E-state index contributed by atoms with van der Waals surface area (Å²) in [5.74, 6) is -0.0350. The van der Waals surface area contributed by atoms with Gasteiger partial charge < -0.3 is 33.9 Å². The van der Waals surface area contributed by atoms with Crippen LogP contribution in [-0.2, 0) is 14.3 Å². The lowest BCUT2D eigenvalue weighted by molar-refractivity contribution is -0.907. The number of ether oxygens (including phenoxy) is 4. The fourth-order valence-corrected chi connectivity index (χ4v) is 4.71. The molecule has 0 spiro atoms. The van der Waals surface area contributed by atoms with E-state index < -0.39 is 17.7 Å². The summed E-state index contributed by atoms with van der Waals surface area (Å²) < 4.78 is 21.8. The van der Waals surface area contributed by atoms with Crippen molar-refractivity contribution in [1.29, 1.82) is 0 Å². The van der Waals surface area contributed by atoms with Gasteiger partial charge in [-0.3, -0.25) is 9.59 Å². The first-order valence-corrected chi connectivity index (χ1v) is 11.3. The van der Waals surface area contributed by atoms with Gasteiger partial charge in [-0.15, -0.1) is 0 Å². The molecule has 2 saturated heterocycles. The predicted octanol–water partition coefficient (Wildman–Crippen LogP) is 0.761. The van der Waals surface area contributed by atoms with Gasteiger partial charge in [-0.05, 0) is 24.3 Å². The number of aliphatic hydroxyl groups is 1. The molecule has 5 rings (SSSR count). The lowest BCUT2D eigenvalue weighted by Crippen LogP contribution is -3.14. The fourth-order valence-electron chi connectivity index (χ4n) is 4.71. The fraction of sp³-hybridized carbons (Fsp3) is 0.360. The summed E-state index contributed by atoms with van der Waals surface area (Å²) in [4.78, 5) is 29.3. The van der Waals surface area contributed by atoms with Crippen molar-refractivity contribution < 1.29 is 38.5 Å². The molecule has 9 nitrogen and oxygen atoms in total. The number of aliphatic hydroxyl groups excluding tert-OH is 1. The number of quaternary nitrogens is 1. The minimum absolute atomic E-state index is 0.0327. The van der Waals surface area contributed by atoms with E-state index in [-0.39, 0.29) is 18.1 Å². The zero-order valence-electron chi connectivity index (χ0n) is 18.9. The van der Waals surface area contributed by atoms with E-state index in [2.05, 4.69) is 0 Å². The number of nitrogens with one attached hydrogen (secondary N) is 1. The van der Waals surface area contributed by atoms with Crippen molar-refractivity contribution in [1.82, 2.24) is 4.90 Å². The van der Waals surface area contributed by atoms with Crippen LogP contribution >= 0.6 is 0 Å². The average Bonchev–Trinajstić information content (AvgIpc) is 3.45. The summed E-state index contributed by atoms with van der Waals surface area (Å²) >= 11 is 0. The van der Waals surface area contributed by atoms with Crippen molar-refractivity contribution in [3.8, 4) is 17.2 Å². The third-order valence-electron chi connectivity index (χ3n) is 6.53. The summed E-state index contributed by atoms with van der Waals surface area (Å²) in [6.07, 6.45) is 0. The SMILES string of the molecule is COc1ccccc1C1C(=C(O)c2ccc3c(c2)OCO3)C(=O)C(=O)N1CC[NH+]1CCOCC1. The van der Waals surface area contributed by atoms with E-state index >= 15 is 0 Å². The molecule has 2 N–H and O–H groups in total. The van der Waals surface area contributed by atoms with Gasteiger partial charge in [0.1, 0.15) is 24.6 Å². The molecular formula is C25H27N2O7+. The Bertz CT molecular complexity index is 1140. The van der Waals surface area contributed by atoms with Gasteiger partial charge in [0.05, 0.1) is 45.0 Å². The van der Waals surface area contributed by atoms with Crippen molar-refractivity contribution >= 4 is 17.4 Å². The number of ketones is 1. The first-order valence-electron chi connectivity index (χ1n) is 11.3. The van der Waals surface area contributed by atoms with E-state index in [1.165, 1.54) is 4.90 Å². The Morgan fingerprint density at radius 2 is 1.88 bits per heavy atom. The molecule has 3 heterocycles. The molecule has 1 amide bonds. The number of amides is 1. The average molecular weight is 467 g/mol. The van der Waals surface area contributed by atoms with Gasteiger partial charge in [0.2, 0.25) is 6.79 Å². The number of benzene rings is 2. The number of para-hydroxylation sites is 1. The van der Waals surface area contributed by atoms with Gasteiger partial charge in [-0.2, -0.15) is 0 Å². The first-order chi connectivity index (χ1) is 16.6. The highest BCUT2D eigenvalue weighted by Crippen LogP contribution is 2.43. The van der Waals surface area contributed by atoms with E-state index in [1.807, 2.05) is 18.2 Å². The molecule has 0 radical (unpaired) electrons. The van der Waals surface area contributed by atoms with Crippen LogP contribution in [0, 0.1) is 0 Å². The Morgan fingerprint density at radius 1 is 1.12 bits per heavy atom. The number of morpholine rings is 1. The molecule has 1 unspecified atom stereocenters. The minimum atomic E-state index is -0.776. The third kappa shape index (κ3) is 3.97. The van der Waals surface area contributed by atoms with E-state index in [4.69, 9.17) is 18.9 Å². The Morgan fingerprint density at radius 3 is 2.68 bits per heavy atom. The molecule has 0 aliphatic carbocycles. The molecule has 2 aromatic carbocycles. The standard InChI is InChI=1S/C25H26N2O7/c1-31-18-5-3-2-4-17(18)22-21(23(28)16-6-7-19-20(14-16)34-15-33-19)24(29)25(30)27(22)9-8-26-10-12-32-13-11-26/h2-7,14,22,28H,8-13,15H2,1H3/p+1. The van der Waals surface area contributed by atoms with Crippen molar-refractivity contribution in [3.63, 3.8) is 0 Å². The maximum Gasteiger partial charge on any atom is 0.295 e. The number of fused-ring (bicyclic) bond motifs is 1. The highest BCUT2D eigenvalue weighted by molar-refractivity contribution is 6.46. The van der Waals surface area contributed by atoms with Crippen LogP contribution in [-0.4, -0.2) is 75.0 Å². The normalized spacial score (nSPS) is 21.8. The lowest BCUT2D eigenvalue weighted by atomic mass is 9.94. The van der Waals surface area contributed by atoms with E-state index in [0.29, 0.717) is 54.7 Å². The van der Waals surface area contributed by atoms with Crippen molar-refractivity contribution in [2.45, 2.75) is 6.04 Å². The molecule has 2 fully saturated rings.